The Morgan fingerprint density at radius 3 is 2.33 bits per heavy atom. The van der Waals surface area contributed by atoms with Crippen molar-refractivity contribution in [3.8, 4) is 17.2 Å². The van der Waals surface area contributed by atoms with Crippen molar-refractivity contribution in [2.45, 2.75) is 40.7 Å². The predicted molar refractivity (Wildman–Crippen MR) is 152 cm³/mol. The fourth-order valence-corrected chi connectivity index (χ4v) is 4.69. The average Bonchev–Trinajstić information content (AvgIpc) is 3.17. The summed E-state index contributed by atoms with van der Waals surface area (Å²) < 4.78 is 17.1. The second-order valence-corrected chi connectivity index (χ2v) is 10.0. The number of anilines is 1. The molecule has 7 nitrogen and oxygen atoms in total. The van der Waals surface area contributed by atoms with E-state index in [1.807, 2.05) is 39.0 Å². The number of methoxy groups -OCH3 is 1. The first-order valence-electron chi connectivity index (χ1n) is 13.1. The lowest BCUT2D eigenvalue weighted by Crippen LogP contribution is -2.29. The molecule has 0 aliphatic carbocycles. The highest BCUT2D eigenvalue weighted by molar-refractivity contribution is 6.51. The lowest BCUT2D eigenvalue weighted by molar-refractivity contribution is -0.132. The minimum absolute atomic E-state index is 0.00405. The van der Waals surface area contributed by atoms with E-state index in [1.165, 1.54) is 4.90 Å². The van der Waals surface area contributed by atoms with Crippen LogP contribution in [0.2, 0.25) is 0 Å². The highest BCUT2D eigenvalue weighted by Crippen LogP contribution is 2.44. The fourth-order valence-electron chi connectivity index (χ4n) is 4.69. The lowest BCUT2D eigenvalue weighted by Gasteiger charge is -2.26. The van der Waals surface area contributed by atoms with Crippen LogP contribution in [0.3, 0.4) is 0 Å². The first kappa shape index (κ1) is 27.8. The minimum Gasteiger partial charge on any atom is -0.507 e. The Morgan fingerprint density at radius 1 is 0.949 bits per heavy atom. The van der Waals surface area contributed by atoms with E-state index in [0.717, 1.165) is 11.1 Å². The Balaban J connectivity index is 1.89. The first-order valence-corrected chi connectivity index (χ1v) is 13.1. The van der Waals surface area contributed by atoms with E-state index in [4.69, 9.17) is 14.2 Å². The maximum atomic E-state index is 13.5. The molecule has 7 heteroatoms. The van der Waals surface area contributed by atoms with Gasteiger partial charge in [0.2, 0.25) is 0 Å². The molecule has 1 N–H and O–H groups in total. The highest BCUT2D eigenvalue weighted by Gasteiger charge is 2.47. The quantitative estimate of drug-likeness (QED) is 0.197. The van der Waals surface area contributed by atoms with Gasteiger partial charge in [0.15, 0.2) is 11.5 Å². The molecule has 1 fully saturated rings. The largest absolute Gasteiger partial charge is 0.507 e. The minimum atomic E-state index is -0.880. The zero-order valence-corrected chi connectivity index (χ0v) is 23.3. The average molecular weight is 530 g/mol. The normalized spacial score (nSPS) is 16.6. The summed E-state index contributed by atoms with van der Waals surface area (Å²) in [7, 11) is 1.55. The summed E-state index contributed by atoms with van der Waals surface area (Å²) in [6.07, 6.45) is 0. The number of benzene rings is 3. The molecule has 0 radical (unpaired) electrons. The third-order valence-corrected chi connectivity index (χ3v) is 6.55. The van der Waals surface area contributed by atoms with Gasteiger partial charge in [-0.2, -0.15) is 0 Å². The number of amides is 1. The summed E-state index contributed by atoms with van der Waals surface area (Å²) in [6, 6.07) is 17.0. The van der Waals surface area contributed by atoms with Gasteiger partial charge in [0.25, 0.3) is 11.7 Å². The molecule has 1 atom stereocenters. The molecule has 204 valence electrons. The Kier molecular flexibility index (Phi) is 8.29. The van der Waals surface area contributed by atoms with Crippen LogP contribution in [0.15, 0.2) is 66.2 Å². The molecule has 1 amide bonds. The lowest BCUT2D eigenvalue weighted by atomic mass is 9.94. The molecule has 1 saturated heterocycles. The molecular weight excluding hydrogens is 494 g/mol. The number of Topliss-reactive ketones (excluding diaryl/α,β-unsaturated/α-hetero) is 1. The molecular formula is C32H35NO6. The van der Waals surface area contributed by atoms with E-state index in [0.29, 0.717) is 53.2 Å². The number of ether oxygens (including phenoxy) is 3. The third-order valence-electron chi connectivity index (χ3n) is 6.55. The second kappa shape index (κ2) is 11.6. The Bertz CT molecular complexity index is 1420. The number of hydrogen-bond acceptors (Lipinski definition) is 6. The molecule has 0 bridgehead atoms. The monoisotopic (exact) mass is 529 g/mol. The molecule has 0 saturated carbocycles. The van der Waals surface area contributed by atoms with Gasteiger partial charge in [-0.1, -0.05) is 32.0 Å². The predicted octanol–water partition coefficient (Wildman–Crippen LogP) is 6.37. The van der Waals surface area contributed by atoms with Gasteiger partial charge in [-0.15, -0.1) is 0 Å². The van der Waals surface area contributed by atoms with Gasteiger partial charge in [-0.05, 0) is 85.8 Å². The molecule has 3 aromatic rings. The van der Waals surface area contributed by atoms with Crippen molar-refractivity contribution in [1.29, 1.82) is 0 Å². The van der Waals surface area contributed by atoms with Crippen LogP contribution in [-0.4, -0.2) is 37.1 Å². The van der Waals surface area contributed by atoms with Crippen molar-refractivity contribution in [2.75, 3.05) is 25.2 Å². The first-order chi connectivity index (χ1) is 18.7. The molecule has 39 heavy (non-hydrogen) atoms. The topological polar surface area (TPSA) is 85.3 Å². The van der Waals surface area contributed by atoms with Crippen molar-refractivity contribution in [1.82, 2.24) is 0 Å². The summed E-state index contributed by atoms with van der Waals surface area (Å²) >= 11 is 0. The molecule has 0 aromatic heterocycles. The molecule has 0 spiro atoms. The van der Waals surface area contributed by atoms with Gasteiger partial charge in [-0.3, -0.25) is 14.5 Å². The number of carbonyl (C=O) groups excluding carboxylic acids is 2. The van der Waals surface area contributed by atoms with Crippen LogP contribution in [0.1, 0.15) is 49.1 Å². The van der Waals surface area contributed by atoms with Crippen molar-refractivity contribution in [3.63, 3.8) is 0 Å². The van der Waals surface area contributed by atoms with Crippen LogP contribution in [-0.2, 0) is 9.59 Å². The van der Waals surface area contributed by atoms with Crippen molar-refractivity contribution in [2.24, 2.45) is 5.92 Å². The van der Waals surface area contributed by atoms with E-state index in [9.17, 15) is 14.7 Å². The van der Waals surface area contributed by atoms with Crippen LogP contribution in [0.5, 0.6) is 17.2 Å². The number of aliphatic hydroxyl groups is 1. The number of aryl methyl sites for hydroxylation is 2. The molecule has 1 aliphatic heterocycles. The van der Waals surface area contributed by atoms with E-state index in [2.05, 4.69) is 13.8 Å². The molecule has 1 aliphatic rings. The number of hydrogen-bond donors (Lipinski definition) is 1. The molecule has 1 unspecified atom stereocenters. The standard InChI is InChI=1S/C32H35NO6/c1-7-38-27-17-22(11-14-26(27)37-6)29-28(31(35)32(36)33(29)24-10-8-9-20(4)15-24)30(34)23-12-13-25(21(5)16-23)39-18-19(2)3/h8-17,19,29,34H,7,18H2,1-6H3/b30-28-. The smallest absolute Gasteiger partial charge is 0.300 e. The van der Waals surface area contributed by atoms with Gasteiger partial charge in [0.05, 0.1) is 31.9 Å². The Hall–Kier alpha value is -4.26. The summed E-state index contributed by atoms with van der Waals surface area (Å²) in [4.78, 5) is 28.5. The van der Waals surface area contributed by atoms with Crippen LogP contribution in [0.25, 0.3) is 5.76 Å². The van der Waals surface area contributed by atoms with Gasteiger partial charge < -0.3 is 19.3 Å². The SMILES string of the molecule is CCOc1cc(C2/C(=C(/O)c3ccc(OCC(C)C)c(C)c3)C(=O)C(=O)N2c2cccc(C)c2)ccc1OC. The van der Waals surface area contributed by atoms with Gasteiger partial charge in [0, 0.05) is 11.3 Å². The van der Waals surface area contributed by atoms with E-state index in [-0.39, 0.29) is 11.3 Å². The zero-order valence-electron chi connectivity index (χ0n) is 23.3. The van der Waals surface area contributed by atoms with Crippen LogP contribution in [0.4, 0.5) is 5.69 Å². The van der Waals surface area contributed by atoms with Crippen molar-refractivity contribution >= 4 is 23.1 Å². The zero-order chi connectivity index (χ0) is 28.3. The number of nitrogens with zero attached hydrogens (tertiary/aromatic N) is 1. The van der Waals surface area contributed by atoms with Crippen LogP contribution >= 0.6 is 0 Å². The maximum absolute atomic E-state index is 13.5. The molecule has 3 aromatic carbocycles. The summed E-state index contributed by atoms with van der Waals surface area (Å²) in [5, 5.41) is 11.5. The Labute approximate surface area is 229 Å². The summed E-state index contributed by atoms with van der Waals surface area (Å²) in [6.45, 7) is 10.8. The van der Waals surface area contributed by atoms with E-state index >= 15 is 0 Å². The molecule has 1 heterocycles. The summed E-state index contributed by atoms with van der Waals surface area (Å²) in [5.74, 6) is 0.353. The Morgan fingerprint density at radius 2 is 1.69 bits per heavy atom. The number of aliphatic hydroxyl groups excluding tert-OH is 1. The highest BCUT2D eigenvalue weighted by atomic mass is 16.5. The van der Waals surface area contributed by atoms with Crippen LogP contribution in [0, 0.1) is 19.8 Å². The molecule has 4 rings (SSSR count). The van der Waals surface area contributed by atoms with Crippen molar-refractivity contribution < 1.29 is 28.9 Å². The summed E-state index contributed by atoms with van der Waals surface area (Å²) in [5.41, 5.74) is 3.34. The maximum Gasteiger partial charge on any atom is 0.300 e. The van der Waals surface area contributed by atoms with Crippen LogP contribution < -0.4 is 19.1 Å². The van der Waals surface area contributed by atoms with E-state index in [1.54, 1.807) is 49.6 Å². The van der Waals surface area contributed by atoms with Gasteiger partial charge >= 0.3 is 0 Å². The van der Waals surface area contributed by atoms with Crippen molar-refractivity contribution in [3.05, 3.63) is 88.5 Å². The number of rotatable bonds is 9. The third kappa shape index (κ3) is 5.62. The second-order valence-electron chi connectivity index (χ2n) is 10.0. The number of ketones is 1. The number of carbonyl (C=O) groups is 2. The van der Waals surface area contributed by atoms with Gasteiger partial charge in [-0.25, -0.2) is 0 Å². The van der Waals surface area contributed by atoms with E-state index < -0.39 is 17.7 Å². The fraction of sp³-hybridized carbons (Fsp3) is 0.312. The van der Waals surface area contributed by atoms with Gasteiger partial charge in [0.1, 0.15) is 11.5 Å².